The molecule has 1 aliphatic rings. The van der Waals surface area contributed by atoms with Crippen LogP contribution in [0, 0.1) is 0 Å². The van der Waals surface area contributed by atoms with Gasteiger partial charge in [-0.15, -0.1) is 0 Å². The maximum absolute atomic E-state index is 12.9. The quantitative estimate of drug-likeness (QED) is 0.606. The van der Waals surface area contributed by atoms with Crippen LogP contribution in [0.5, 0.6) is 0 Å². The van der Waals surface area contributed by atoms with E-state index < -0.39 is 18.2 Å². The lowest BCUT2D eigenvalue weighted by molar-refractivity contribution is 0.0725. The number of halogens is 3. The molecule has 1 aromatic heterocycles. The minimum absolute atomic E-state index is 0.160. The molecule has 2 amide bonds. The number of benzene rings is 2. The van der Waals surface area contributed by atoms with Crippen LogP contribution in [-0.4, -0.2) is 39.8 Å². The molecule has 0 radical (unpaired) electrons. The fourth-order valence-electron chi connectivity index (χ4n) is 3.54. The number of hydrogen-bond acceptors (Lipinski definition) is 3. The van der Waals surface area contributed by atoms with Gasteiger partial charge in [0, 0.05) is 23.7 Å². The van der Waals surface area contributed by atoms with Crippen molar-refractivity contribution in [2.75, 3.05) is 18.4 Å². The number of nitrogens with zero attached hydrogens (tertiary/aromatic N) is 2. The Morgan fingerprint density at radius 1 is 1.10 bits per heavy atom. The number of fused-ring (bicyclic) bond motifs is 1. The summed E-state index contributed by atoms with van der Waals surface area (Å²) in [7, 11) is 0. The number of amides is 2. The first-order valence-electron chi connectivity index (χ1n) is 9.60. The largest absolute Gasteiger partial charge is 0.339 e. The van der Waals surface area contributed by atoms with Gasteiger partial charge in [0.15, 0.2) is 5.82 Å². The van der Waals surface area contributed by atoms with Gasteiger partial charge in [0.1, 0.15) is 0 Å². The molecule has 4 rings (SSSR count). The number of carbonyl (C=O) groups excluding carboxylic acids is 2. The summed E-state index contributed by atoms with van der Waals surface area (Å²) >= 11 is 6.09. The number of likely N-dealkylation sites (tertiary alicyclic amines) is 1. The van der Waals surface area contributed by atoms with Crippen LogP contribution in [0.15, 0.2) is 36.4 Å². The number of imidazole rings is 1. The van der Waals surface area contributed by atoms with Gasteiger partial charge in [-0.3, -0.25) is 9.59 Å². The number of nitrogens with one attached hydrogen (secondary N) is 2. The van der Waals surface area contributed by atoms with Crippen molar-refractivity contribution in [1.82, 2.24) is 14.9 Å². The summed E-state index contributed by atoms with van der Waals surface area (Å²) in [4.78, 5) is 33.8. The van der Waals surface area contributed by atoms with Crippen molar-refractivity contribution in [1.29, 1.82) is 0 Å². The molecule has 3 aromatic rings. The highest BCUT2D eigenvalue weighted by Crippen LogP contribution is 2.26. The fraction of sp³-hybridized carbons (Fsp3) is 0.286. The second-order valence-corrected chi connectivity index (χ2v) is 7.59. The Kier molecular flexibility index (Phi) is 5.67. The number of piperidine rings is 1. The van der Waals surface area contributed by atoms with E-state index in [0.717, 1.165) is 19.3 Å². The number of aromatic nitrogens is 2. The Hall–Kier alpha value is -3.00. The van der Waals surface area contributed by atoms with Crippen LogP contribution in [0.25, 0.3) is 11.0 Å². The molecule has 0 bridgehead atoms. The van der Waals surface area contributed by atoms with Gasteiger partial charge in [0.2, 0.25) is 0 Å². The van der Waals surface area contributed by atoms with E-state index in [0.29, 0.717) is 40.4 Å². The molecular formula is C21H19ClF2N4O2. The molecule has 0 spiro atoms. The number of anilines is 1. The van der Waals surface area contributed by atoms with Crippen molar-refractivity contribution in [3.8, 4) is 0 Å². The van der Waals surface area contributed by atoms with Gasteiger partial charge in [-0.25, -0.2) is 13.8 Å². The van der Waals surface area contributed by atoms with Gasteiger partial charge < -0.3 is 15.2 Å². The third-order valence-electron chi connectivity index (χ3n) is 5.07. The van der Waals surface area contributed by atoms with Gasteiger partial charge >= 0.3 is 0 Å². The molecule has 1 aliphatic heterocycles. The second-order valence-electron chi connectivity index (χ2n) is 7.15. The van der Waals surface area contributed by atoms with Crippen molar-refractivity contribution in [3.63, 3.8) is 0 Å². The van der Waals surface area contributed by atoms with Crippen molar-refractivity contribution in [3.05, 3.63) is 58.4 Å². The molecule has 6 nitrogen and oxygen atoms in total. The third kappa shape index (κ3) is 4.14. The van der Waals surface area contributed by atoms with E-state index in [1.165, 1.54) is 24.3 Å². The molecule has 0 unspecified atom stereocenters. The normalized spacial score (nSPS) is 14.3. The summed E-state index contributed by atoms with van der Waals surface area (Å²) in [5, 5.41) is 3.11. The lowest BCUT2D eigenvalue weighted by Gasteiger charge is -2.27. The van der Waals surface area contributed by atoms with Crippen LogP contribution in [0.1, 0.15) is 52.2 Å². The summed E-state index contributed by atoms with van der Waals surface area (Å²) in [6, 6.07) is 9.16. The van der Waals surface area contributed by atoms with E-state index in [9.17, 15) is 18.4 Å². The third-order valence-corrected chi connectivity index (χ3v) is 5.31. The van der Waals surface area contributed by atoms with Crippen LogP contribution in [0.4, 0.5) is 14.5 Å². The zero-order valence-corrected chi connectivity index (χ0v) is 16.7. The summed E-state index contributed by atoms with van der Waals surface area (Å²) in [5.74, 6) is -1.10. The summed E-state index contributed by atoms with van der Waals surface area (Å²) in [6.45, 7) is 1.36. The van der Waals surface area contributed by atoms with Crippen molar-refractivity contribution < 1.29 is 18.4 Å². The van der Waals surface area contributed by atoms with E-state index in [1.54, 1.807) is 17.0 Å². The number of alkyl halides is 2. The SMILES string of the molecule is O=C(Nc1cc(Cl)ccc1C(=O)N1CCCCC1)c1ccc2nc(C(F)F)[nH]c2c1. The van der Waals surface area contributed by atoms with Crippen molar-refractivity contribution >= 4 is 40.1 Å². The average molecular weight is 433 g/mol. The van der Waals surface area contributed by atoms with Gasteiger partial charge in [0.25, 0.3) is 18.2 Å². The Morgan fingerprint density at radius 2 is 1.87 bits per heavy atom. The van der Waals surface area contributed by atoms with Crippen LogP contribution in [-0.2, 0) is 0 Å². The Morgan fingerprint density at radius 3 is 2.60 bits per heavy atom. The van der Waals surface area contributed by atoms with Crippen LogP contribution >= 0.6 is 11.6 Å². The zero-order valence-electron chi connectivity index (χ0n) is 15.9. The van der Waals surface area contributed by atoms with E-state index in [-0.39, 0.29) is 11.5 Å². The number of hydrogen-bond donors (Lipinski definition) is 2. The molecule has 156 valence electrons. The molecule has 30 heavy (non-hydrogen) atoms. The molecule has 1 fully saturated rings. The number of carbonyl (C=O) groups is 2. The molecule has 2 heterocycles. The van der Waals surface area contributed by atoms with E-state index in [4.69, 9.17) is 11.6 Å². The minimum Gasteiger partial charge on any atom is -0.339 e. The molecular weight excluding hydrogens is 414 g/mol. The summed E-state index contributed by atoms with van der Waals surface area (Å²) in [6.07, 6.45) is 0.263. The second kappa shape index (κ2) is 8.39. The maximum Gasteiger partial charge on any atom is 0.295 e. The van der Waals surface area contributed by atoms with E-state index >= 15 is 0 Å². The first-order valence-corrected chi connectivity index (χ1v) is 9.98. The Balaban J connectivity index is 1.60. The van der Waals surface area contributed by atoms with Gasteiger partial charge in [-0.05, 0) is 55.7 Å². The Labute approximate surface area is 176 Å². The van der Waals surface area contributed by atoms with Gasteiger partial charge in [0.05, 0.1) is 22.3 Å². The number of rotatable bonds is 4. The number of aromatic amines is 1. The highest BCUT2D eigenvalue weighted by molar-refractivity contribution is 6.31. The predicted molar refractivity (Wildman–Crippen MR) is 110 cm³/mol. The first kappa shape index (κ1) is 20.3. The zero-order chi connectivity index (χ0) is 21.3. The lowest BCUT2D eigenvalue weighted by Crippen LogP contribution is -2.36. The molecule has 2 aromatic carbocycles. The van der Waals surface area contributed by atoms with E-state index in [1.807, 2.05) is 0 Å². The summed E-state index contributed by atoms with van der Waals surface area (Å²) < 4.78 is 25.7. The standard InChI is InChI=1S/C21H19ClF2N4O2/c22-13-5-6-14(21(30)28-8-2-1-3-9-28)16(11-13)27-20(29)12-4-7-15-17(10-12)26-19(25-15)18(23)24/h4-7,10-11,18H,1-3,8-9H2,(H,25,26)(H,27,29). The molecule has 0 aliphatic carbocycles. The highest BCUT2D eigenvalue weighted by Gasteiger charge is 2.22. The molecule has 0 saturated carbocycles. The lowest BCUT2D eigenvalue weighted by atomic mass is 10.1. The van der Waals surface area contributed by atoms with Crippen LogP contribution < -0.4 is 5.32 Å². The Bertz CT molecular complexity index is 1110. The average Bonchev–Trinajstić information content (AvgIpc) is 3.18. The van der Waals surface area contributed by atoms with Crippen LogP contribution in [0.2, 0.25) is 5.02 Å². The predicted octanol–water partition coefficient (Wildman–Crippen LogP) is 5.03. The molecule has 9 heteroatoms. The molecule has 0 atom stereocenters. The first-order chi connectivity index (χ1) is 14.4. The maximum atomic E-state index is 12.9. The van der Waals surface area contributed by atoms with Gasteiger partial charge in [-0.1, -0.05) is 11.6 Å². The number of H-pyrrole nitrogens is 1. The molecule has 2 N–H and O–H groups in total. The molecule has 1 saturated heterocycles. The topological polar surface area (TPSA) is 78.1 Å². The smallest absolute Gasteiger partial charge is 0.295 e. The van der Waals surface area contributed by atoms with Crippen molar-refractivity contribution in [2.45, 2.75) is 25.7 Å². The van der Waals surface area contributed by atoms with Crippen LogP contribution in [0.3, 0.4) is 0 Å². The summed E-state index contributed by atoms with van der Waals surface area (Å²) in [5.41, 5.74) is 1.57. The minimum atomic E-state index is -2.73. The fourth-order valence-corrected chi connectivity index (χ4v) is 3.71. The monoisotopic (exact) mass is 432 g/mol. The van der Waals surface area contributed by atoms with Gasteiger partial charge in [-0.2, -0.15) is 0 Å². The highest BCUT2D eigenvalue weighted by atomic mass is 35.5. The van der Waals surface area contributed by atoms with E-state index in [2.05, 4.69) is 15.3 Å². The van der Waals surface area contributed by atoms with Crippen molar-refractivity contribution in [2.24, 2.45) is 0 Å².